The van der Waals surface area contributed by atoms with Gasteiger partial charge < -0.3 is 4.74 Å². The molecule has 0 spiro atoms. The zero-order valence-electron chi connectivity index (χ0n) is 17.3. The third-order valence-corrected chi connectivity index (χ3v) is 4.58. The van der Waals surface area contributed by atoms with Crippen molar-refractivity contribution in [3.05, 3.63) is 77.9 Å². The SMILES string of the molecule is CC(C)(C)C#CC=CCN(Cc1cccc(OCc2ccccc2)c1)C1CC1. The highest BCUT2D eigenvalue weighted by Gasteiger charge is 2.28. The summed E-state index contributed by atoms with van der Waals surface area (Å²) >= 11 is 0. The van der Waals surface area contributed by atoms with Crippen molar-refractivity contribution >= 4 is 0 Å². The number of allylic oxidation sites excluding steroid dienone is 1. The number of nitrogens with zero attached hydrogens (tertiary/aromatic N) is 1. The summed E-state index contributed by atoms with van der Waals surface area (Å²) in [6, 6.07) is 19.5. The van der Waals surface area contributed by atoms with Gasteiger partial charge in [-0.3, -0.25) is 4.90 Å². The molecular formula is C26H31NO. The maximum Gasteiger partial charge on any atom is 0.120 e. The van der Waals surface area contributed by atoms with Crippen molar-refractivity contribution < 1.29 is 4.74 Å². The molecule has 28 heavy (non-hydrogen) atoms. The van der Waals surface area contributed by atoms with Crippen molar-refractivity contribution in [1.82, 2.24) is 4.90 Å². The molecule has 0 saturated heterocycles. The average Bonchev–Trinajstić information content (AvgIpc) is 3.51. The lowest BCUT2D eigenvalue weighted by Gasteiger charge is -2.20. The van der Waals surface area contributed by atoms with Gasteiger partial charge in [0.05, 0.1) is 0 Å². The first kappa shape index (κ1) is 20.2. The van der Waals surface area contributed by atoms with E-state index in [9.17, 15) is 0 Å². The van der Waals surface area contributed by atoms with Crippen LogP contribution in [0.2, 0.25) is 0 Å². The van der Waals surface area contributed by atoms with Gasteiger partial charge >= 0.3 is 0 Å². The van der Waals surface area contributed by atoms with Gasteiger partial charge in [-0.25, -0.2) is 0 Å². The van der Waals surface area contributed by atoms with Crippen LogP contribution >= 0.6 is 0 Å². The molecule has 0 heterocycles. The van der Waals surface area contributed by atoms with Crippen LogP contribution in [0.5, 0.6) is 5.75 Å². The summed E-state index contributed by atoms with van der Waals surface area (Å²) in [5.41, 5.74) is 2.54. The molecule has 146 valence electrons. The molecule has 0 atom stereocenters. The fraction of sp³-hybridized carbons (Fsp3) is 0.385. The minimum absolute atomic E-state index is 0.0563. The van der Waals surface area contributed by atoms with Crippen molar-refractivity contribution in [3.63, 3.8) is 0 Å². The standard InChI is InChI=1S/C26H31NO/c1-26(2,3)17-8-5-9-18-27(24-15-16-24)20-23-13-10-14-25(19-23)28-21-22-11-6-4-7-12-22/h4-7,9-14,19,24H,15-16,18,20-21H2,1-3H3. The quantitative estimate of drug-likeness (QED) is 0.539. The van der Waals surface area contributed by atoms with Gasteiger partial charge in [-0.1, -0.05) is 60.4 Å². The van der Waals surface area contributed by atoms with E-state index in [0.29, 0.717) is 12.6 Å². The first-order chi connectivity index (χ1) is 13.5. The Morgan fingerprint density at radius 2 is 1.79 bits per heavy atom. The molecule has 1 aliphatic carbocycles. The first-order valence-corrected chi connectivity index (χ1v) is 10.2. The van der Waals surface area contributed by atoms with E-state index < -0.39 is 0 Å². The molecule has 0 aromatic heterocycles. The van der Waals surface area contributed by atoms with E-state index in [1.807, 2.05) is 30.3 Å². The lowest BCUT2D eigenvalue weighted by atomic mass is 9.98. The Bertz CT molecular complexity index is 832. The van der Waals surface area contributed by atoms with Gasteiger partial charge in [0.25, 0.3) is 0 Å². The van der Waals surface area contributed by atoms with E-state index in [0.717, 1.165) is 18.8 Å². The van der Waals surface area contributed by atoms with Gasteiger partial charge in [0.2, 0.25) is 0 Å². The van der Waals surface area contributed by atoms with Crippen molar-refractivity contribution in [1.29, 1.82) is 0 Å². The summed E-state index contributed by atoms with van der Waals surface area (Å²) in [6.45, 7) is 8.90. The van der Waals surface area contributed by atoms with E-state index in [1.165, 1.54) is 24.0 Å². The predicted molar refractivity (Wildman–Crippen MR) is 117 cm³/mol. The van der Waals surface area contributed by atoms with Gasteiger partial charge in [0.1, 0.15) is 12.4 Å². The minimum Gasteiger partial charge on any atom is -0.489 e. The molecule has 2 nitrogen and oxygen atoms in total. The zero-order chi connectivity index (χ0) is 19.8. The van der Waals surface area contributed by atoms with Crippen molar-refractivity contribution in [2.24, 2.45) is 5.41 Å². The van der Waals surface area contributed by atoms with Crippen LogP contribution in [-0.4, -0.2) is 17.5 Å². The van der Waals surface area contributed by atoms with Crippen molar-refractivity contribution in [3.8, 4) is 17.6 Å². The van der Waals surface area contributed by atoms with Gasteiger partial charge in [-0.05, 0) is 62.9 Å². The highest BCUT2D eigenvalue weighted by Crippen LogP contribution is 2.28. The van der Waals surface area contributed by atoms with E-state index in [-0.39, 0.29) is 5.41 Å². The second-order valence-corrected chi connectivity index (χ2v) is 8.50. The third kappa shape index (κ3) is 7.25. The van der Waals surface area contributed by atoms with Crippen LogP contribution in [0, 0.1) is 17.3 Å². The summed E-state index contributed by atoms with van der Waals surface area (Å²) < 4.78 is 5.98. The zero-order valence-corrected chi connectivity index (χ0v) is 17.3. The molecule has 0 bridgehead atoms. The summed E-state index contributed by atoms with van der Waals surface area (Å²) in [7, 11) is 0. The molecule has 1 saturated carbocycles. The first-order valence-electron chi connectivity index (χ1n) is 10.2. The van der Waals surface area contributed by atoms with E-state index >= 15 is 0 Å². The number of rotatable bonds is 8. The van der Waals surface area contributed by atoms with Crippen LogP contribution in [0.15, 0.2) is 66.7 Å². The van der Waals surface area contributed by atoms with Crippen LogP contribution in [0.25, 0.3) is 0 Å². The maximum atomic E-state index is 5.98. The second kappa shape index (κ2) is 9.62. The molecule has 1 aliphatic rings. The Morgan fingerprint density at radius 3 is 2.50 bits per heavy atom. The van der Waals surface area contributed by atoms with Crippen LogP contribution < -0.4 is 4.74 Å². The van der Waals surface area contributed by atoms with Crippen LogP contribution in [0.1, 0.15) is 44.7 Å². The Balaban J connectivity index is 1.56. The Hall–Kier alpha value is -2.50. The molecular weight excluding hydrogens is 342 g/mol. The fourth-order valence-corrected chi connectivity index (χ4v) is 3.00. The maximum absolute atomic E-state index is 5.98. The smallest absolute Gasteiger partial charge is 0.120 e. The molecule has 0 radical (unpaired) electrons. The lowest BCUT2D eigenvalue weighted by molar-refractivity contribution is 0.281. The van der Waals surface area contributed by atoms with Crippen molar-refractivity contribution in [2.45, 2.75) is 52.8 Å². The summed E-state index contributed by atoms with van der Waals surface area (Å²) in [6.07, 6.45) is 6.78. The fourth-order valence-electron chi connectivity index (χ4n) is 3.00. The topological polar surface area (TPSA) is 12.5 Å². The number of hydrogen-bond acceptors (Lipinski definition) is 2. The normalized spacial score (nSPS) is 14.1. The molecule has 0 unspecified atom stereocenters. The van der Waals surface area contributed by atoms with Gasteiger partial charge in [0, 0.05) is 24.5 Å². The second-order valence-electron chi connectivity index (χ2n) is 8.50. The van der Waals surface area contributed by atoms with Crippen LogP contribution in [0.4, 0.5) is 0 Å². The molecule has 2 heteroatoms. The van der Waals surface area contributed by atoms with Crippen LogP contribution in [0.3, 0.4) is 0 Å². The number of hydrogen-bond donors (Lipinski definition) is 0. The monoisotopic (exact) mass is 373 g/mol. The third-order valence-electron chi connectivity index (χ3n) is 4.58. The summed E-state index contributed by atoms with van der Waals surface area (Å²) in [5, 5.41) is 0. The number of benzene rings is 2. The average molecular weight is 374 g/mol. The molecule has 1 fully saturated rings. The van der Waals surface area contributed by atoms with E-state index in [2.05, 4.69) is 73.9 Å². The summed E-state index contributed by atoms with van der Waals surface area (Å²) in [4.78, 5) is 2.53. The Labute approximate surface area is 170 Å². The Morgan fingerprint density at radius 1 is 1.04 bits per heavy atom. The molecule has 0 amide bonds. The van der Waals surface area contributed by atoms with Crippen molar-refractivity contribution in [2.75, 3.05) is 6.54 Å². The lowest BCUT2D eigenvalue weighted by Crippen LogP contribution is -2.25. The van der Waals surface area contributed by atoms with Gasteiger partial charge in [0.15, 0.2) is 0 Å². The predicted octanol–water partition coefficient (Wildman–Crippen LogP) is 5.84. The largest absolute Gasteiger partial charge is 0.489 e. The van der Waals surface area contributed by atoms with E-state index in [4.69, 9.17) is 4.74 Å². The number of ether oxygens (including phenoxy) is 1. The van der Waals surface area contributed by atoms with E-state index in [1.54, 1.807) is 0 Å². The molecule has 3 rings (SSSR count). The Kier molecular flexibility index (Phi) is 6.95. The molecule has 2 aromatic rings. The highest BCUT2D eigenvalue weighted by molar-refractivity contribution is 5.29. The molecule has 0 aliphatic heterocycles. The summed E-state index contributed by atoms with van der Waals surface area (Å²) in [5.74, 6) is 7.36. The molecule has 0 N–H and O–H groups in total. The highest BCUT2D eigenvalue weighted by atomic mass is 16.5. The van der Waals surface area contributed by atoms with Crippen LogP contribution in [-0.2, 0) is 13.2 Å². The van der Waals surface area contributed by atoms with Gasteiger partial charge in [-0.2, -0.15) is 0 Å². The molecule has 2 aromatic carbocycles. The minimum atomic E-state index is 0.0563. The van der Waals surface area contributed by atoms with Gasteiger partial charge in [-0.15, -0.1) is 0 Å².